The van der Waals surface area contributed by atoms with Crippen LogP contribution in [0.2, 0.25) is 5.02 Å². The van der Waals surface area contributed by atoms with E-state index in [-0.39, 0.29) is 0 Å². The zero-order chi connectivity index (χ0) is 17.5. The summed E-state index contributed by atoms with van der Waals surface area (Å²) in [6.07, 6.45) is 1.52. The highest BCUT2D eigenvalue weighted by molar-refractivity contribution is 6.31. The van der Waals surface area contributed by atoms with Crippen LogP contribution in [0.3, 0.4) is 0 Å². The number of morpholine rings is 1. The van der Waals surface area contributed by atoms with Crippen molar-refractivity contribution in [3.63, 3.8) is 0 Å². The van der Waals surface area contributed by atoms with E-state index in [1.807, 2.05) is 12.1 Å². The summed E-state index contributed by atoms with van der Waals surface area (Å²) in [5.74, 6) is 2.14. The lowest BCUT2D eigenvalue weighted by Gasteiger charge is -2.26. The molecule has 2 N–H and O–H groups in total. The summed E-state index contributed by atoms with van der Waals surface area (Å²) in [5, 5.41) is 7.17. The highest BCUT2D eigenvalue weighted by Crippen LogP contribution is 2.30. The molecule has 0 radical (unpaired) electrons. The van der Waals surface area contributed by atoms with Crippen molar-refractivity contribution < 1.29 is 9.47 Å². The average molecular weight is 364 g/mol. The number of ether oxygens (including phenoxy) is 2. The van der Waals surface area contributed by atoms with E-state index in [1.54, 1.807) is 19.2 Å². The number of nitrogens with one attached hydrogen (secondary N) is 2. The monoisotopic (exact) mass is 363 g/mol. The van der Waals surface area contributed by atoms with Crippen molar-refractivity contribution in [2.75, 3.05) is 57.1 Å². The molecule has 1 fully saturated rings. The second-order valence-corrected chi connectivity index (χ2v) is 6.08. The van der Waals surface area contributed by atoms with Gasteiger partial charge in [-0.3, -0.25) is 4.90 Å². The number of methoxy groups -OCH3 is 1. The van der Waals surface area contributed by atoms with Gasteiger partial charge in [-0.05, 0) is 18.2 Å². The molecule has 2 aromatic rings. The Balaban J connectivity index is 1.58. The Bertz CT molecular complexity index is 694. The summed E-state index contributed by atoms with van der Waals surface area (Å²) >= 11 is 6.06. The van der Waals surface area contributed by atoms with E-state index in [1.165, 1.54) is 6.33 Å². The summed E-state index contributed by atoms with van der Waals surface area (Å²) in [4.78, 5) is 10.9. The molecule has 3 rings (SSSR count). The van der Waals surface area contributed by atoms with Crippen LogP contribution in [-0.2, 0) is 4.74 Å². The van der Waals surface area contributed by atoms with E-state index in [2.05, 4.69) is 25.5 Å². The average Bonchev–Trinajstić information content (AvgIpc) is 2.63. The fourth-order valence-corrected chi connectivity index (χ4v) is 2.78. The minimum atomic E-state index is 0.626. The third kappa shape index (κ3) is 5.19. The topological polar surface area (TPSA) is 71.5 Å². The van der Waals surface area contributed by atoms with Crippen molar-refractivity contribution in [1.82, 2.24) is 14.9 Å². The first kappa shape index (κ1) is 17.7. The molecule has 1 aromatic carbocycles. The first-order valence-corrected chi connectivity index (χ1v) is 8.59. The fourth-order valence-electron chi connectivity index (χ4n) is 2.61. The second kappa shape index (κ2) is 8.84. The second-order valence-electron chi connectivity index (χ2n) is 5.64. The lowest BCUT2D eigenvalue weighted by molar-refractivity contribution is 0.0398. The molecule has 1 saturated heterocycles. The Labute approximate surface area is 152 Å². The Hall–Kier alpha value is -2.09. The zero-order valence-corrected chi connectivity index (χ0v) is 14.9. The fraction of sp³-hybridized carbons (Fsp3) is 0.412. The molecule has 0 amide bonds. The van der Waals surface area contributed by atoms with Gasteiger partial charge in [0, 0.05) is 37.3 Å². The van der Waals surface area contributed by atoms with Gasteiger partial charge in [-0.2, -0.15) is 0 Å². The van der Waals surface area contributed by atoms with Crippen molar-refractivity contribution in [3.8, 4) is 5.75 Å². The lowest BCUT2D eigenvalue weighted by atomic mass is 10.3. The number of aromatic nitrogens is 2. The highest BCUT2D eigenvalue weighted by Gasteiger charge is 2.10. The van der Waals surface area contributed by atoms with E-state index in [9.17, 15) is 0 Å². The largest absolute Gasteiger partial charge is 0.495 e. The van der Waals surface area contributed by atoms with E-state index in [0.29, 0.717) is 16.6 Å². The molecule has 2 heterocycles. The molecular formula is C17H22ClN5O2. The molecule has 25 heavy (non-hydrogen) atoms. The van der Waals surface area contributed by atoms with E-state index >= 15 is 0 Å². The van der Waals surface area contributed by atoms with Gasteiger partial charge in [-0.15, -0.1) is 0 Å². The van der Waals surface area contributed by atoms with Crippen LogP contribution in [0.4, 0.5) is 17.3 Å². The molecule has 0 unspecified atom stereocenters. The highest BCUT2D eigenvalue weighted by atomic mass is 35.5. The predicted octanol–water partition coefficient (Wildman–Crippen LogP) is 2.63. The van der Waals surface area contributed by atoms with Crippen LogP contribution in [0.15, 0.2) is 30.6 Å². The summed E-state index contributed by atoms with van der Waals surface area (Å²) in [6, 6.07) is 7.26. The summed E-state index contributed by atoms with van der Waals surface area (Å²) in [7, 11) is 1.62. The van der Waals surface area contributed by atoms with Crippen molar-refractivity contribution in [3.05, 3.63) is 35.6 Å². The van der Waals surface area contributed by atoms with Crippen molar-refractivity contribution >= 4 is 28.9 Å². The predicted molar refractivity (Wildman–Crippen MR) is 99.1 cm³/mol. The van der Waals surface area contributed by atoms with Crippen LogP contribution in [0.25, 0.3) is 0 Å². The van der Waals surface area contributed by atoms with Gasteiger partial charge in [-0.25, -0.2) is 9.97 Å². The maximum Gasteiger partial charge on any atom is 0.142 e. The molecule has 8 heteroatoms. The van der Waals surface area contributed by atoms with Crippen LogP contribution in [0, 0.1) is 0 Å². The third-order valence-electron chi connectivity index (χ3n) is 3.93. The van der Waals surface area contributed by atoms with Crippen LogP contribution in [-0.4, -0.2) is 61.4 Å². The molecule has 0 aliphatic carbocycles. The van der Waals surface area contributed by atoms with E-state index in [4.69, 9.17) is 21.1 Å². The van der Waals surface area contributed by atoms with Gasteiger partial charge < -0.3 is 20.1 Å². The van der Waals surface area contributed by atoms with E-state index < -0.39 is 0 Å². The Morgan fingerprint density at radius 1 is 1.20 bits per heavy atom. The molecule has 134 valence electrons. The van der Waals surface area contributed by atoms with Gasteiger partial charge in [0.15, 0.2) is 0 Å². The molecule has 1 aliphatic rings. The Morgan fingerprint density at radius 2 is 2.00 bits per heavy atom. The standard InChI is InChI=1S/C17H22ClN5O2/c1-24-15-3-2-13(18)10-14(15)22-17-11-16(20-12-21-17)19-4-5-23-6-8-25-9-7-23/h2-3,10-12H,4-9H2,1H3,(H2,19,20,21,22). The molecule has 0 spiro atoms. The van der Waals surface area contributed by atoms with Crippen molar-refractivity contribution in [1.29, 1.82) is 0 Å². The summed E-state index contributed by atoms with van der Waals surface area (Å²) < 4.78 is 10.7. The summed E-state index contributed by atoms with van der Waals surface area (Å²) in [5.41, 5.74) is 0.757. The van der Waals surface area contributed by atoms with Gasteiger partial charge in [0.1, 0.15) is 23.7 Å². The normalized spacial score (nSPS) is 15.0. The Morgan fingerprint density at radius 3 is 2.80 bits per heavy atom. The van der Waals surface area contributed by atoms with Gasteiger partial charge in [0.2, 0.25) is 0 Å². The van der Waals surface area contributed by atoms with Crippen LogP contribution in [0.1, 0.15) is 0 Å². The smallest absolute Gasteiger partial charge is 0.142 e. The van der Waals surface area contributed by atoms with Gasteiger partial charge in [0.25, 0.3) is 0 Å². The zero-order valence-electron chi connectivity index (χ0n) is 14.2. The quantitative estimate of drug-likeness (QED) is 0.783. The minimum absolute atomic E-state index is 0.626. The molecule has 0 bridgehead atoms. The van der Waals surface area contributed by atoms with Gasteiger partial charge in [-0.1, -0.05) is 11.6 Å². The van der Waals surface area contributed by atoms with E-state index in [0.717, 1.165) is 50.9 Å². The molecule has 7 nitrogen and oxygen atoms in total. The van der Waals surface area contributed by atoms with Gasteiger partial charge in [0.05, 0.1) is 26.0 Å². The van der Waals surface area contributed by atoms with Crippen molar-refractivity contribution in [2.24, 2.45) is 0 Å². The summed E-state index contributed by atoms with van der Waals surface area (Å²) in [6.45, 7) is 5.35. The lowest BCUT2D eigenvalue weighted by Crippen LogP contribution is -2.39. The molecular weight excluding hydrogens is 342 g/mol. The number of hydrogen-bond donors (Lipinski definition) is 2. The minimum Gasteiger partial charge on any atom is -0.495 e. The maximum atomic E-state index is 6.06. The number of halogens is 1. The number of hydrogen-bond acceptors (Lipinski definition) is 7. The maximum absolute atomic E-state index is 6.06. The SMILES string of the molecule is COc1ccc(Cl)cc1Nc1cc(NCCN2CCOCC2)ncn1. The molecule has 0 atom stereocenters. The van der Waals surface area contributed by atoms with Gasteiger partial charge >= 0.3 is 0 Å². The number of nitrogens with zero attached hydrogens (tertiary/aromatic N) is 3. The van der Waals surface area contributed by atoms with Crippen molar-refractivity contribution in [2.45, 2.75) is 0 Å². The number of rotatable bonds is 7. The molecule has 1 aliphatic heterocycles. The molecule has 1 aromatic heterocycles. The Kier molecular flexibility index (Phi) is 6.27. The first-order chi connectivity index (χ1) is 12.2. The number of benzene rings is 1. The first-order valence-electron chi connectivity index (χ1n) is 8.21. The molecule has 0 saturated carbocycles. The van der Waals surface area contributed by atoms with Crippen LogP contribution in [0.5, 0.6) is 5.75 Å². The third-order valence-corrected chi connectivity index (χ3v) is 4.16. The van der Waals surface area contributed by atoms with Crippen LogP contribution < -0.4 is 15.4 Å². The number of anilines is 3. The van der Waals surface area contributed by atoms with Crippen LogP contribution >= 0.6 is 11.6 Å².